The minimum Gasteiger partial charge on any atom is -0.481 e. The number of hydrogen-bond acceptors (Lipinski definition) is 2. The molecule has 0 heterocycles. The summed E-state index contributed by atoms with van der Waals surface area (Å²) in [6, 6.07) is 0. The van der Waals surface area contributed by atoms with Crippen molar-refractivity contribution in [1.82, 2.24) is 0 Å². The summed E-state index contributed by atoms with van der Waals surface area (Å²) in [6.45, 7) is 2.15. The monoisotopic (exact) mass is 238 g/mol. The third-order valence-electron chi connectivity index (χ3n) is 3.29. The van der Waals surface area contributed by atoms with Gasteiger partial charge in [0.25, 0.3) is 0 Å². The molecule has 0 amide bonds. The molecule has 3 unspecified atom stereocenters. The molecule has 17 heavy (non-hydrogen) atoms. The van der Waals surface area contributed by atoms with Gasteiger partial charge in [-0.05, 0) is 25.2 Å². The molecule has 0 radical (unpaired) electrons. The number of rotatable bonds is 6. The number of unbranched alkanes of at least 4 members (excludes halogenated alkanes) is 2. The molecule has 0 spiro atoms. The topological polar surface area (TPSA) is 57.5 Å². The lowest BCUT2D eigenvalue weighted by Gasteiger charge is -2.13. The second kappa shape index (κ2) is 7.28. The summed E-state index contributed by atoms with van der Waals surface area (Å²) in [5.41, 5.74) is 0. The molecule has 1 rings (SSSR count). The summed E-state index contributed by atoms with van der Waals surface area (Å²) < 4.78 is 0. The zero-order chi connectivity index (χ0) is 12.7. The van der Waals surface area contributed by atoms with Gasteiger partial charge in [-0.25, -0.2) is 0 Å². The van der Waals surface area contributed by atoms with Crippen LogP contribution in [0.4, 0.5) is 0 Å². The van der Waals surface area contributed by atoms with Gasteiger partial charge in [-0.3, -0.25) is 4.79 Å². The maximum atomic E-state index is 11.0. The van der Waals surface area contributed by atoms with Crippen LogP contribution in [0.2, 0.25) is 0 Å². The number of aliphatic hydroxyl groups is 1. The highest BCUT2D eigenvalue weighted by atomic mass is 16.4. The Balaban J connectivity index is 2.42. The first-order chi connectivity index (χ1) is 8.16. The van der Waals surface area contributed by atoms with Crippen molar-refractivity contribution in [2.45, 2.75) is 45.1 Å². The molecule has 0 aliphatic heterocycles. The van der Waals surface area contributed by atoms with Crippen molar-refractivity contribution < 1.29 is 15.0 Å². The van der Waals surface area contributed by atoms with E-state index in [1.807, 2.05) is 18.2 Å². The summed E-state index contributed by atoms with van der Waals surface area (Å²) in [4.78, 5) is 11.0. The smallest absolute Gasteiger partial charge is 0.309 e. The van der Waals surface area contributed by atoms with Crippen LogP contribution >= 0.6 is 0 Å². The molecule has 0 bridgehead atoms. The third-order valence-corrected chi connectivity index (χ3v) is 3.29. The SMILES string of the molecule is CCCCC=CC=CC1CCC(O)C1C(=O)O. The van der Waals surface area contributed by atoms with Crippen molar-refractivity contribution in [3.8, 4) is 0 Å². The predicted octanol–water partition coefficient (Wildman–Crippen LogP) is 2.76. The molecular formula is C14H22O3. The average Bonchev–Trinajstić information content (AvgIpc) is 2.65. The van der Waals surface area contributed by atoms with E-state index in [0.29, 0.717) is 6.42 Å². The van der Waals surface area contributed by atoms with Gasteiger partial charge in [-0.1, -0.05) is 44.1 Å². The fraction of sp³-hybridized carbons (Fsp3) is 0.643. The lowest BCUT2D eigenvalue weighted by Crippen LogP contribution is -2.26. The van der Waals surface area contributed by atoms with E-state index in [1.54, 1.807) is 0 Å². The molecule has 0 aromatic carbocycles. The minimum atomic E-state index is -0.889. The van der Waals surface area contributed by atoms with Crippen LogP contribution in [0.25, 0.3) is 0 Å². The second-order valence-electron chi connectivity index (χ2n) is 4.63. The second-order valence-corrected chi connectivity index (χ2v) is 4.63. The number of carboxylic acid groups (broad SMARTS) is 1. The van der Waals surface area contributed by atoms with Gasteiger partial charge in [0.15, 0.2) is 0 Å². The maximum absolute atomic E-state index is 11.0. The molecule has 0 aromatic heterocycles. The van der Waals surface area contributed by atoms with E-state index in [0.717, 1.165) is 12.8 Å². The molecule has 2 N–H and O–H groups in total. The fourth-order valence-corrected chi connectivity index (χ4v) is 2.27. The summed E-state index contributed by atoms with van der Waals surface area (Å²) in [5, 5.41) is 18.6. The molecule has 96 valence electrons. The molecule has 0 saturated heterocycles. The van der Waals surface area contributed by atoms with E-state index >= 15 is 0 Å². The van der Waals surface area contributed by atoms with E-state index in [4.69, 9.17) is 5.11 Å². The van der Waals surface area contributed by atoms with Crippen molar-refractivity contribution in [3.63, 3.8) is 0 Å². The van der Waals surface area contributed by atoms with E-state index < -0.39 is 18.0 Å². The number of allylic oxidation sites excluding steroid dienone is 4. The maximum Gasteiger partial charge on any atom is 0.309 e. The van der Waals surface area contributed by atoms with Gasteiger partial charge in [0, 0.05) is 0 Å². The van der Waals surface area contributed by atoms with Crippen LogP contribution in [0.15, 0.2) is 24.3 Å². The van der Waals surface area contributed by atoms with Crippen LogP contribution in [0, 0.1) is 11.8 Å². The molecule has 1 saturated carbocycles. The molecule has 1 aliphatic carbocycles. The first-order valence-corrected chi connectivity index (χ1v) is 6.41. The van der Waals surface area contributed by atoms with Crippen LogP contribution in [-0.4, -0.2) is 22.3 Å². The van der Waals surface area contributed by atoms with E-state index in [2.05, 4.69) is 13.0 Å². The number of hydrogen-bond donors (Lipinski definition) is 2. The first kappa shape index (κ1) is 14.0. The lowest BCUT2D eigenvalue weighted by molar-refractivity contribution is -0.145. The molecule has 0 aromatic rings. The van der Waals surface area contributed by atoms with Gasteiger partial charge in [0.2, 0.25) is 0 Å². The number of carbonyl (C=O) groups is 1. The Morgan fingerprint density at radius 1 is 1.35 bits per heavy atom. The minimum absolute atomic E-state index is 0.0293. The van der Waals surface area contributed by atoms with Gasteiger partial charge >= 0.3 is 5.97 Å². The van der Waals surface area contributed by atoms with Crippen molar-refractivity contribution in [2.24, 2.45) is 11.8 Å². The standard InChI is InChI=1S/C14H22O3/c1-2-3-4-5-6-7-8-11-9-10-12(15)13(11)14(16)17/h5-8,11-13,15H,2-4,9-10H2,1H3,(H,16,17). The van der Waals surface area contributed by atoms with Crippen molar-refractivity contribution in [1.29, 1.82) is 0 Å². The Labute approximate surface area is 103 Å². The molecule has 3 heteroatoms. The Morgan fingerprint density at radius 3 is 2.76 bits per heavy atom. The largest absolute Gasteiger partial charge is 0.481 e. The Morgan fingerprint density at radius 2 is 2.12 bits per heavy atom. The van der Waals surface area contributed by atoms with Crippen molar-refractivity contribution in [3.05, 3.63) is 24.3 Å². The highest BCUT2D eigenvalue weighted by molar-refractivity contribution is 5.72. The number of carboxylic acids is 1. The van der Waals surface area contributed by atoms with Crippen LogP contribution in [0.3, 0.4) is 0 Å². The van der Waals surface area contributed by atoms with Gasteiger partial charge < -0.3 is 10.2 Å². The molecule has 1 aliphatic rings. The normalized spacial score (nSPS) is 29.4. The number of aliphatic hydroxyl groups excluding tert-OH is 1. The van der Waals surface area contributed by atoms with Gasteiger partial charge in [-0.15, -0.1) is 0 Å². The summed E-state index contributed by atoms with van der Waals surface area (Å²) in [5.74, 6) is -1.55. The van der Waals surface area contributed by atoms with E-state index in [1.165, 1.54) is 12.8 Å². The van der Waals surface area contributed by atoms with Crippen molar-refractivity contribution >= 4 is 5.97 Å². The molecular weight excluding hydrogens is 216 g/mol. The summed E-state index contributed by atoms with van der Waals surface area (Å²) in [7, 11) is 0. The summed E-state index contributed by atoms with van der Waals surface area (Å²) in [6.07, 6.45) is 12.0. The molecule has 3 nitrogen and oxygen atoms in total. The van der Waals surface area contributed by atoms with Crippen LogP contribution in [0.5, 0.6) is 0 Å². The fourth-order valence-electron chi connectivity index (χ4n) is 2.27. The molecule has 3 atom stereocenters. The van der Waals surface area contributed by atoms with Crippen LogP contribution < -0.4 is 0 Å². The highest BCUT2D eigenvalue weighted by Gasteiger charge is 2.38. The quantitative estimate of drug-likeness (QED) is 0.552. The highest BCUT2D eigenvalue weighted by Crippen LogP contribution is 2.33. The van der Waals surface area contributed by atoms with E-state index in [9.17, 15) is 9.90 Å². The number of aliphatic carboxylic acids is 1. The van der Waals surface area contributed by atoms with E-state index in [-0.39, 0.29) is 5.92 Å². The zero-order valence-electron chi connectivity index (χ0n) is 10.4. The Kier molecular flexibility index (Phi) is 5.98. The molecule has 1 fully saturated rings. The van der Waals surface area contributed by atoms with Gasteiger partial charge in [0.1, 0.15) is 0 Å². The predicted molar refractivity (Wildman–Crippen MR) is 67.7 cm³/mol. The van der Waals surface area contributed by atoms with Gasteiger partial charge in [-0.2, -0.15) is 0 Å². The van der Waals surface area contributed by atoms with Gasteiger partial charge in [0.05, 0.1) is 12.0 Å². The lowest BCUT2D eigenvalue weighted by atomic mass is 9.94. The average molecular weight is 238 g/mol. The Bertz CT molecular complexity index is 294. The zero-order valence-corrected chi connectivity index (χ0v) is 10.4. The summed E-state index contributed by atoms with van der Waals surface area (Å²) >= 11 is 0. The van der Waals surface area contributed by atoms with Crippen molar-refractivity contribution in [2.75, 3.05) is 0 Å². The van der Waals surface area contributed by atoms with Crippen LogP contribution in [-0.2, 0) is 4.79 Å². The first-order valence-electron chi connectivity index (χ1n) is 6.41. The van der Waals surface area contributed by atoms with Crippen LogP contribution in [0.1, 0.15) is 39.0 Å². The Hall–Kier alpha value is -1.09. The third kappa shape index (κ3) is 4.35.